The Bertz CT molecular complexity index is 966. The van der Waals surface area contributed by atoms with Crippen LogP contribution in [0.5, 0.6) is 0 Å². The summed E-state index contributed by atoms with van der Waals surface area (Å²) >= 11 is 0. The Hall–Kier alpha value is -1.66. The highest BCUT2D eigenvalue weighted by atomic mass is 16.5. The summed E-state index contributed by atoms with van der Waals surface area (Å²) in [6.07, 6.45) is 61.8. The van der Waals surface area contributed by atoms with E-state index in [0.29, 0.717) is 19.4 Å². The van der Waals surface area contributed by atoms with Crippen LogP contribution in [0, 0.1) is 0 Å². The maximum Gasteiger partial charge on any atom is 0.305 e. The fourth-order valence-corrected chi connectivity index (χ4v) is 8.45. The van der Waals surface area contributed by atoms with Gasteiger partial charge >= 0.3 is 5.97 Å². The number of allylic oxidation sites excluding steroid dienone is 3. The number of hydrogen-bond donors (Lipinski definition) is 3. The second-order valence-electron chi connectivity index (χ2n) is 18.9. The van der Waals surface area contributed by atoms with Gasteiger partial charge in [0.1, 0.15) is 0 Å². The molecular weight excluding hydrogens is 767 g/mol. The van der Waals surface area contributed by atoms with E-state index in [9.17, 15) is 19.8 Å². The second kappa shape index (κ2) is 52.0. The number of nitrogens with one attached hydrogen (secondary N) is 1. The van der Waals surface area contributed by atoms with Crippen LogP contribution in [0.4, 0.5) is 0 Å². The van der Waals surface area contributed by atoms with Crippen molar-refractivity contribution >= 4 is 11.9 Å². The lowest BCUT2D eigenvalue weighted by molar-refractivity contribution is -0.143. The fourth-order valence-electron chi connectivity index (χ4n) is 8.45. The van der Waals surface area contributed by atoms with E-state index in [0.717, 1.165) is 57.8 Å². The van der Waals surface area contributed by atoms with Gasteiger partial charge in [0.2, 0.25) is 5.91 Å². The standard InChI is InChI=1S/C56H107NO5/c1-3-5-7-9-11-13-15-17-18-19-20-21-22-26-30-34-38-42-46-50-56(61)62-51-47-43-39-35-31-27-23-25-29-33-37-41-45-49-55(60)57-53(52-58)54(59)48-44-40-36-32-28-24-16-14-12-10-8-6-4-2/h17-18,44,48,53-54,58-59H,3-16,19-43,45-47,49-52H2,1-2H3,(H,57,60)/b18-17-,48-44+. The molecule has 366 valence electrons. The normalized spacial score (nSPS) is 12.8. The van der Waals surface area contributed by atoms with E-state index in [1.54, 1.807) is 6.08 Å². The van der Waals surface area contributed by atoms with Crippen molar-refractivity contribution in [3.8, 4) is 0 Å². The minimum Gasteiger partial charge on any atom is -0.466 e. The Kier molecular flexibility index (Phi) is 50.6. The molecule has 0 fully saturated rings. The number of amides is 1. The Morgan fingerprint density at radius 3 is 1.15 bits per heavy atom. The highest BCUT2D eigenvalue weighted by Crippen LogP contribution is 2.16. The number of unbranched alkanes of at least 4 members (excludes halogenated alkanes) is 38. The molecule has 0 heterocycles. The van der Waals surface area contributed by atoms with Gasteiger partial charge in [0.25, 0.3) is 0 Å². The van der Waals surface area contributed by atoms with Crippen molar-refractivity contribution in [1.29, 1.82) is 0 Å². The molecule has 0 spiro atoms. The zero-order valence-electron chi connectivity index (χ0n) is 41.6. The van der Waals surface area contributed by atoms with E-state index in [2.05, 4.69) is 31.3 Å². The molecule has 1 amide bonds. The molecule has 62 heavy (non-hydrogen) atoms. The van der Waals surface area contributed by atoms with Gasteiger partial charge in [0.15, 0.2) is 0 Å². The molecule has 0 bridgehead atoms. The molecule has 0 aromatic heterocycles. The number of carbonyl (C=O) groups is 2. The van der Waals surface area contributed by atoms with Crippen LogP contribution in [0.3, 0.4) is 0 Å². The first-order valence-corrected chi connectivity index (χ1v) is 27.6. The summed E-state index contributed by atoms with van der Waals surface area (Å²) in [5.74, 6) is -0.0880. The van der Waals surface area contributed by atoms with E-state index in [4.69, 9.17) is 4.74 Å². The summed E-state index contributed by atoms with van der Waals surface area (Å²) in [4.78, 5) is 24.5. The lowest BCUT2D eigenvalue weighted by Gasteiger charge is -2.20. The smallest absolute Gasteiger partial charge is 0.305 e. The van der Waals surface area contributed by atoms with Gasteiger partial charge in [-0.25, -0.2) is 0 Å². The Balaban J connectivity index is 3.45. The van der Waals surface area contributed by atoms with Gasteiger partial charge in [-0.1, -0.05) is 250 Å². The number of hydrogen-bond acceptors (Lipinski definition) is 5. The van der Waals surface area contributed by atoms with Crippen molar-refractivity contribution in [3.63, 3.8) is 0 Å². The molecular formula is C56H107NO5. The van der Waals surface area contributed by atoms with Crippen LogP contribution in [-0.4, -0.2) is 47.4 Å². The number of ether oxygens (including phenoxy) is 1. The molecule has 0 saturated heterocycles. The number of aliphatic hydroxyl groups excluding tert-OH is 2. The maximum atomic E-state index is 12.4. The second-order valence-corrected chi connectivity index (χ2v) is 18.9. The first-order chi connectivity index (χ1) is 30.5. The summed E-state index contributed by atoms with van der Waals surface area (Å²) in [5, 5.41) is 23.0. The lowest BCUT2D eigenvalue weighted by atomic mass is 10.0. The molecule has 0 aliphatic heterocycles. The predicted octanol–water partition coefficient (Wildman–Crippen LogP) is 16.7. The van der Waals surface area contributed by atoms with Gasteiger partial charge in [-0.05, 0) is 57.8 Å². The van der Waals surface area contributed by atoms with E-state index in [1.807, 2.05) is 6.08 Å². The largest absolute Gasteiger partial charge is 0.466 e. The van der Waals surface area contributed by atoms with Crippen LogP contribution in [0.2, 0.25) is 0 Å². The van der Waals surface area contributed by atoms with Crippen LogP contribution < -0.4 is 5.32 Å². The van der Waals surface area contributed by atoms with Gasteiger partial charge in [0, 0.05) is 12.8 Å². The molecule has 0 aromatic rings. The molecule has 0 aliphatic carbocycles. The van der Waals surface area contributed by atoms with Crippen molar-refractivity contribution in [1.82, 2.24) is 5.32 Å². The van der Waals surface area contributed by atoms with E-state index >= 15 is 0 Å². The number of esters is 1. The summed E-state index contributed by atoms with van der Waals surface area (Å²) in [6, 6.07) is -0.636. The molecule has 6 heteroatoms. The van der Waals surface area contributed by atoms with Gasteiger partial charge in [-0.3, -0.25) is 9.59 Å². The Morgan fingerprint density at radius 1 is 0.435 bits per heavy atom. The number of rotatable bonds is 51. The number of carbonyl (C=O) groups excluding carboxylic acids is 2. The molecule has 3 N–H and O–H groups in total. The Labute approximate surface area is 386 Å². The summed E-state index contributed by atoms with van der Waals surface area (Å²) in [7, 11) is 0. The third-order valence-electron chi connectivity index (χ3n) is 12.7. The third-order valence-corrected chi connectivity index (χ3v) is 12.7. The lowest BCUT2D eigenvalue weighted by Crippen LogP contribution is -2.45. The van der Waals surface area contributed by atoms with Gasteiger partial charge in [-0.15, -0.1) is 0 Å². The average molecular weight is 874 g/mol. The first kappa shape index (κ1) is 60.3. The van der Waals surface area contributed by atoms with Crippen LogP contribution >= 0.6 is 0 Å². The average Bonchev–Trinajstić information content (AvgIpc) is 3.27. The third kappa shape index (κ3) is 47.8. The quantitative estimate of drug-likeness (QED) is 0.0321. The van der Waals surface area contributed by atoms with Crippen molar-refractivity contribution in [2.24, 2.45) is 0 Å². The monoisotopic (exact) mass is 874 g/mol. The predicted molar refractivity (Wildman–Crippen MR) is 269 cm³/mol. The van der Waals surface area contributed by atoms with Crippen LogP contribution in [0.1, 0.15) is 296 Å². The summed E-state index contributed by atoms with van der Waals surface area (Å²) in [5.41, 5.74) is 0. The Morgan fingerprint density at radius 2 is 0.758 bits per heavy atom. The molecule has 0 aliphatic rings. The minimum absolute atomic E-state index is 0.00736. The molecule has 6 nitrogen and oxygen atoms in total. The molecule has 2 atom stereocenters. The molecule has 0 rings (SSSR count). The van der Waals surface area contributed by atoms with Crippen molar-refractivity contribution in [2.75, 3.05) is 13.2 Å². The van der Waals surface area contributed by atoms with Crippen molar-refractivity contribution in [3.05, 3.63) is 24.3 Å². The molecule has 2 unspecified atom stereocenters. The first-order valence-electron chi connectivity index (χ1n) is 27.6. The van der Waals surface area contributed by atoms with Crippen LogP contribution in [-0.2, 0) is 14.3 Å². The van der Waals surface area contributed by atoms with E-state index < -0.39 is 12.1 Å². The molecule has 0 aromatic carbocycles. The van der Waals surface area contributed by atoms with Gasteiger partial charge in [-0.2, -0.15) is 0 Å². The van der Waals surface area contributed by atoms with Crippen LogP contribution in [0.25, 0.3) is 0 Å². The topological polar surface area (TPSA) is 95.9 Å². The summed E-state index contributed by atoms with van der Waals surface area (Å²) in [6.45, 7) is 4.87. The highest BCUT2D eigenvalue weighted by molar-refractivity contribution is 5.76. The number of aliphatic hydroxyl groups is 2. The zero-order valence-corrected chi connectivity index (χ0v) is 41.6. The molecule has 0 saturated carbocycles. The highest BCUT2D eigenvalue weighted by Gasteiger charge is 2.18. The van der Waals surface area contributed by atoms with Gasteiger partial charge in [0.05, 0.1) is 25.4 Å². The maximum absolute atomic E-state index is 12.4. The minimum atomic E-state index is -0.852. The van der Waals surface area contributed by atoms with Crippen molar-refractivity contribution < 1.29 is 24.5 Å². The fraction of sp³-hybridized carbons (Fsp3) is 0.893. The SMILES string of the molecule is CCCCCCCC/C=C\CCCCCCCCCCCC(=O)OCCCCCCCCCCCCCCCC(=O)NC(CO)C(O)/C=C/CCCCCCCCCCCCC. The van der Waals surface area contributed by atoms with Crippen LogP contribution in [0.15, 0.2) is 24.3 Å². The van der Waals surface area contributed by atoms with Gasteiger partial charge < -0.3 is 20.3 Å². The van der Waals surface area contributed by atoms with E-state index in [1.165, 1.54) is 212 Å². The summed E-state index contributed by atoms with van der Waals surface area (Å²) < 4.78 is 5.48. The molecule has 0 radical (unpaired) electrons. The van der Waals surface area contributed by atoms with Crippen molar-refractivity contribution in [2.45, 2.75) is 309 Å². The zero-order chi connectivity index (χ0) is 45.1. The van der Waals surface area contributed by atoms with E-state index in [-0.39, 0.29) is 18.5 Å².